The van der Waals surface area contributed by atoms with Gasteiger partial charge in [-0.2, -0.15) is 0 Å². The molecule has 1 heterocycles. The maximum Gasteiger partial charge on any atom is 0.415 e. The lowest BCUT2D eigenvalue weighted by molar-refractivity contribution is 0.157. The molecule has 0 fully saturated rings. The molecule has 0 aliphatic carbocycles. The van der Waals surface area contributed by atoms with Crippen LogP contribution in [0.2, 0.25) is 0 Å². The third kappa shape index (κ3) is 4.35. The minimum Gasteiger partial charge on any atom is -0.410 e. The van der Waals surface area contributed by atoms with Gasteiger partial charge in [0, 0.05) is 41.3 Å². The van der Waals surface area contributed by atoms with Crippen LogP contribution in [-0.2, 0) is 6.54 Å². The zero-order chi connectivity index (χ0) is 24.4. The molecule has 3 aromatic carbocycles. The van der Waals surface area contributed by atoms with E-state index in [2.05, 4.69) is 0 Å². The number of fused-ring (bicyclic) bond motifs is 1. The van der Waals surface area contributed by atoms with Gasteiger partial charge in [0.1, 0.15) is 5.75 Å². The lowest BCUT2D eigenvalue weighted by Crippen LogP contribution is -2.33. The molecule has 0 bridgehead atoms. The highest BCUT2D eigenvalue weighted by molar-refractivity contribution is 5.99. The highest BCUT2D eigenvalue weighted by Gasteiger charge is 2.20. The summed E-state index contributed by atoms with van der Waals surface area (Å²) in [6.45, 7) is 4.55. The second-order valence-corrected chi connectivity index (χ2v) is 7.70. The fraction of sp³-hybridized carbons (Fsp3) is 0.192. The zero-order valence-corrected chi connectivity index (χ0v) is 18.6. The summed E-state index contributed by atoms with van der Waals surface area (Å²) in [4.78, 5) is 14.1. The topological polar surface area (TPSA) is 34.5 Å². The van der Waals surface area contributed by atoms with Gasteiger partial charge in [-0.25, -0.2) is 22.4 Å². The van der Waals surface area contributed by atoms with Crippen LogP contribution in [0.25, 0.3) is 22.0 Å². The van der Waals surface area contributed by atoms with E-state index in [-0.39, 0.29) is 17.9 Å². The zero-order valence-electron chi connectivity index (χ0n) is 18.6. The van der Waals surface area contributed by atoms with E-state index in [0.717, 1.165) is 18.2 Å². The van der Waals surface area contributed by atoms with Crippen LogP contribution in [0, 0.1) is 23.3 Å². The van der Waals surface area contributed by atoms with Crippen LogP contribution in [-0.4, -0.2) is 28.6 Å². The first-order valence-electron chi connectivity index (χ1n) is 10.8. The van der Waals surface area contributed by atoms with E-state index in [1.54, 1.807) is 29.0 Å². The standard InChI is InChI=1S/C26H22F4N2O2/c1-3-31(4-2)26(33)34-23-11-10-22-18(24(23)16-8-9-19(27)21(29)14-16)12-13-32(22)15-17-6-5-7-20(28)25(17)30/h5-14H,3-4,15H2,1-2H3. The van der Waals surface area contributed by atoms with Gasteiger partial charge in [-0.1, -0.05) is 18.2 Å². The van der Waals surface area contributed by atoms with Crippen molar-refractivity contribution in [1.29, 1.82) is 0 Å². The molecule has 8 heteroatoms. The predicted molar refractivity (Wildman–Crippen MR) is 122 cm³/mol. The van der Waals surface area contributed by atoms with Crippen molar-refractivity contribution in [2.75, 3.05) is 13.1 Å². The van der Waals surface area contributed by atoms with Crippen LogP contribution < -0.4 is 4.74 Å². The Labute approximate surface area is 194 Å². The summed E-state index contributed by atoms with van der Waals surface area (Å²) in [7, 11) is 0. The van der Waals surface area contributed by atoms with Crippen LogP contribution in [0.1, 0.15) is 19.4 Å². The van der Waals surface area contributed by atoms with E-state index in [1.165, 1.54) is 23.1 Å². The molecular weight excluding hydrogens is 448 g/mol. The van der Waals surface area contributed by atoms with Gasteiger partial charge in [0.05, 0.1) is 6.54 Å². The second-order valence-electron chi connectivity index (χ2n) is 7.70. The van der Waals surface area contributed by atoms with E-state index in [9.17, 15) is 22.4 Å². The highest BCUT2D eigenvalue weighted by Crippen LogP contribution is 2.39. The van der Waals surface area contributed by atoms with Crippen molar-refractivity contribution in [2.24, 2.45) is 0 Å². The van der Waals surface area contributed by atoms with Crippen molar-refractivity contribution < 1.29 is 27.1 Å². The van der Waals surface area contributed by atoms with Gasteiger partial charge in [0.25, 0.3) is 0 Å². The number of nitrogens with zero attached hydrogens (tertiary/aromatic N) is 2. The summed E-state index contributed by atoms with van der Waals surface area (Å²) in [5.41, 5.74) is 1.46. The van der Waals surface area contributed by atoms with E-state index < -0.39 is 29.4 Å². The Hall–Kier alpha value is -3.81. The molecule has 1 amide bonds. The molecule has 0 aliphatic rings. The molecule has 0 radical (unpaired) electrons. The monoisotopic (exact) mass is 470 g/mol. The number of halogens is 4. The van der Waals surface area contributed by atoms with Crippen LogP contribution >= 0.6 is 0 Å². The van der Waals surface area contributed by atoms with Crippen molar-refractivity contribution in [3.63, 3.8) is 0 Å². The fourth-order valence-corrected chi connectivity index (χ4v) is 3.92. The van der Waals surface area contributed by atoms with Crippen LogP contribution in [0.5, 0.6) is 5.75 Å². The van der Waals surface area contributed by atoms with Crippen LogP contribution in [0.4, 0.5) is 22.4 Å². The number of carbonyl (C=O) groups excluding carboxylic acids is 1. The Morgan fingerprint density at radius 3 is 2.38 bits per heavy atom. The largest absolute Gasteiger partial charge is 0.415 e. The van der Waals surface area contributed by atoms with Gasteiger partial charge in [0.15, 0.2) is 23.3 Å². The van der Waals surface area contributed by atoms with E-state index in [1.807, 2.05) is 13.8 Å². The molecule has 34 heavy (non-hydrogen) atoms. The maximum atomic E-state index is 14.2. The minimum absolute atomic E-state index is 0.0445. The molecule has 0 saturated heterocycles. The molecular formula is C26H22F4N2O2. The molecule has 4 rings (SSSR count). The average Bonchev–Trinajstić information content (AvgIpc) is 3.22. The number of amides is 1. The summed E-state index contributed by atoms with van der Waals surface area (Å²) in [5, 5.41) is 0.577. The summed E-state index contributed by atoms with van der Waals surface area (Å²) in [5.74, 6) is -3.75. The van der Waals surface area contributed by atoms with Crippen molar-refractivity contribution >= 4 is 17.0 Å². The first-order chi connectivity index (χ1) is 16.3. The van der Waals surface area contributed by atoms with Gasteiger partial charge < -0.3 is 14.2 Å². The summed E-state index contributed by atoms with van der Waals surface area (Å²) >= 11 is 0. The average molecular weight is 470 g/mol. The molecule has 0 aliphatic heterocycles. The summed E-state index contributed by atoms with van der Waals surface area (Å²) < 4.78 is 63.0. The molecule has 1 aromatic heterocycles. The van der Waals surface area contributed by atoms with Crippen molar-refractivity contribution in [3.05, 3.63) is 89.6 Å². The van der Waals surface area contributed by atoms with E-state index >= 15 is 0 Å². The Bertz CT molecular complexity index is 1360. The molecule has 4 aromatic rings. The predicted octanol–water partition coefficient (Wildman–Crippen LogP) is 6.75. The Balaban J connectivity index is 1.85. The molecule has 0 saturated carbocycles. The lowest BCUT2D eigenvalue weighted by Gasteiger charge is -2.20. The van der Waals surface area contributed by atoms with Crippen LogP contribution in [0.15, 0.2) is 60.8 Å². The quantitative estimate of drug-likeness (QED) is 0.292. The normalized spacial score (nSPS) is 11.1. The Kier molecular flexibility index (Phi) is 6.58. The minimum atomic E-state index is -1.04. The second kappa shape index (κ2) is 9.59. The molecule has 0 N–H and O–H groups in total. The molecule has 176 valence electrons. The number of benzene rings is 3. The van der Waals surface area contributed by atoms with Crippen LogP contribution in [0.3, 0.4) is 0 Å². The summed E-state index contributed by atoms with van der Waals surface area (Å²) in [6.07, 6.45) is 1.10. The molecule has 0 atom stereocenters. The van der Waals surface area contributed by atoms with Crippen molar-refractivity contribution in [2.45, 2.75) is 20.4 Å². The molecule has 0 spiro atoms. The number of ether oxygens (including phenoxy) is 1. The van der Waals surface area contributed by atoms with Gasteiger partial charge in [-0.15, -0.1) is 0 Å². The van der Waals surface area contributed by atoms with E-state index in [4.69, 9.17) is 4.74 Å². The first kappa shape index (κ1) is 23.4. The third-order valence-electron chi connectivity index (χ3n) is 5.71. The first-order valence-corrected chi connectivity index (χ1v) is 10.8. The van der Waals surface area contributed by atoms with Crippen molar-refractivity contribution in [3.8, 4) is 16.9 Å². The Morgan fingerprint density at radius 1 is 0.912 bits per heavy atom. The SMILES string of the molecule is CCN(CC)C(=O)Oc1ccc2c(ccn2Cc2cccc(F)c2F)c1-c1ccc(F)c(F)c1. The highest BCUT2D eigenvalue weighted by atomic mass is 19.2. The van der Waals surface area contributed by atoms with Gasteiger partial charge in [0.2, 0.25) is 0 Å². The summed E-state index contributed by atoms with van der Waals surface area (Å²) in [6, 6.07) is 12.3. The number of hydrogen-bond acceptors (Lipinski definition) is 2. The van der Waals surface area contributed by atoms with Gasteiger partial charge >= 0.3 is 6.09 Å². The van der Waals surface area contributed by atoms with E-state index in [0.29, 0.717) is 35.1 Å². The fourth-order valence-electron chi connectivity index (χ4n) is 3.92. The molecule has 4 nitrogen and oxygen atoms in total. The van der Waals surface area contributed by atoms with Gasteiger partial charge in [-0.05, 0) is 55.8 Å². The third-order valence-corrected chi connectivity index (χ3v) is 5.71. The lowest BCUT2D eigenvalue weighted by atomic mass is 10.00. The van der Waals surface area contributed by atoms with Gasteiger partial charge in [-0.3, -0.25) is 0 Å². The Morgan fingerprint density at radius 2 is 1.68 bits per heavy atom. The smallest absolute Gasteiger partial charge is 0.410 e. The number of carbonyl (C=O) groups is 1. The number of hydrogen-bond donors (Lipinski definition) is 0. The van der Waals surface area contributed by atoms with Crippen molar-refractivity contribution in [1.82, 2.24) is 9.47 Å². The maximum absolute atomic E-state index is 14.2. The molecule has 0 unspecified atom stereocenters. The number of rotatable bonds is 6. The number of aromatic nitrogens is 1.